The fraction of sp³-hybridized carbons (Fsp3) is 0.566. The zero-order valence-corrected chi connectivity index (χ0v) is 79.5. The van der Waals surface area contributed by atoms with Crippen LogP contribution in [0.15, 0.2) is 97.1 Å². The normalized spacial score (nSPS) is 11.8. The lowest BCUT2D eigenvalue weighted by molar-refractivity contribution is 0.293. The van der Waals surface area contributed by atoms with E-state index in [1.807, 2.05) is 0 Å². The molecule has 2 nitrogen and oxygen atoms in total. The van der Waals surface area contributed by atoms with E-state index < -0.39 is 32.3 Å². The second-order valence-electron chi connectivity index (χ2n) is 36.1. The van der Waals surface area contributed by atoms with Gasteiger partial charge in [0.1, 0.15) is 32.3 Å². The molecule has 5 aromatic rings. The molecule has 0 bridgehead atoms. The number of ether oxygens (including phenoxy) is 2. The minimum atomic E-state index is -1.98. The first kappa shape index (κ1) is 95.6. The van der Waals surface area contributed by atoms with Crippen LogP contribution in [0.4, 0.5) is 0 Å². The van der Waals surface area contributed by atoms with Crippen molar-refractivity contribution in [1.82, 2.24) is 0 Å². The molecule has 0 aliphatic heterocycles. The lowest BCUT2D eigenvalue weighted by Crippen LogP contribution is -2.43. The van der Waals surface area contributed by atoms with Crippen LogP contribution in [0, 0.1) is 93.2 Å². The molecule has 0 aliphatic carbocycles. The first-order valence-corrected chi connectivity index (χ1v) is 53.4. The summed E-state index contributed by atoms with van der Waals surface area (Å²) in [5, 5.41) is 0. The van der Waals surface area contributed by atoms with Crippen molar-refractivity contribution in [3.8, 4) is 105 Å². The quantitative estimate of drug-likeness (QED) is 0.0226. The number of rotatable bonds is 36. The molecule has 5 rings (SSSR count). The van der Waals surface area contributed by atoms with Gasteiger partial charge in [0.25, 0.3) is 0 Å². The van der Waals surface area contributed by atoms with Gasteiger partial charge in [-0.25, -0.2) is 0 Å². The molecule has 0 atom stereocenters. The van der Waals surface area contributed by atoms with Crippen molar-refractivity contribution in [1.29, 1.82) is 0 Å². The van der Waals surface area contributed by atoms with Gasteiger partial charge in [-0.05, 0) is 176 Å². The van der Waals surface area contributed by atoms with Gasteiger partial charge in [-0.3, -0.25) is 0 Å². The largest absolute Gasteiger partial charge is 0.491 e. The first-order chi connectivity index (χ1) is 53.4. The molecule has 5 aromatic carbocycles. The van der Waals surface area contributed by atoms with E-state index in [9.17, 15) is 0 Å². The number of unbranched alkanes of at least 4 members (excludes halogenated alkanes) is 18. The Hall–Kier alpha value is -6.95. The Morgan fingerprint density at radius 1 is 0.196 bits per heavy atom. The highest BCUT2D eigenvalue weighted by atomic mass is 28.3. The van der Waals surface area contributed by atoms with E-state index in [0.717, 1.165) is 83.0 Å². The summed E-state index contributed by atoms with van der Waals surface area (Å²) in [6.45, 7) is 62.6. The van der Waals surface area contributed by atoms with Crippen LogP contribution >= 0.6 is 0 Å². The maximum Gasteiger partial charge on any atom is 0.153 e. The molecule has 0 aromatic heterocycles. The van der Waals surface area contributed by atoms with Crippen molar-refractivity contribution in [2.75, 3.05) is 13.2 Å². The average Bonchev–Trinajstić information content (AvgIpc) is 0.761. The fourth-order valence-electron chi connectivity index (χ4n) is 18.5. The highest BCUT2D eigenvalue weighted by Crippen LogP contribution is 2.45. The van der Waals surface area contributed by atoms with Crippen LogP contribution in [-0.4, -0.2) is 45.5 Å². The van der Waals surface area contributed by atoms with Gasteiger partial charge < -0.3 is 9.47 Å². The lowest BCUT2D eigenvalue weighted by atomic mass is 9.94. The summed E-state index contributed by atoms with van der Waals surface area (Å²) in [7, 11) is -7.93. The number of hydrogen-bond donors (Lipinski definition) is 0. The van der Waals surface area contributed by atoms with Crippen molar-refractivity contribution < 1.29 is 9.47 Å². The Balaban J connectivity index is 1.98. The van der Waals surface area contributed by atoms with Gasteiger partial charge >= 0.3 is 0 Å². The predicted molar refractivity (Wildman–Crippen MR) is 503 cm³/mol. The Bertz CT molecular complexity index is 3620. The summed E-state index contributed by atoms with van der Waals surface area (Å²) < 4.78 is 14.9. The summed E-state index contributed by atoms with van der Waals surface area (Å²) in [5.74, 6) is 46.0. The van der Waals surface area contributed by atoms with E-state index in [1.54, 1.807) is 0 Å². The summed E-state index contributed by atoms with van der Waals surface area (Å²) in [6, 6.07) is 34.2. The van der Waals surface area contributed by atoms with Gasteiger partial charge in [-0.1, -0.05) is 367 Å². The smallest absolute Gasteiger partial charge is 0.153 e. The Labute approximate surface area is 693 Å². The third-order valence-electron chi connectivity index (χ3n) is 24.9. The summed E-state index contributed by atoms with van der Waals surface area (Å²) in [5.41, 5.74) is 32.3. The molecule has 0 spiro atoms. The molecular weight excluding hydrogens is 1420 g/mol. The van der Waals surface area contributed by atoms with E-state index >= 15 is 0 Å². The van der Waals surface area contributed by atoms with E-state index in [-0.39, 0.29) is 0 Å². The molecule has 0 radical (unpaired) electrons. The molecule has 602 valence electrons. The number of hydrogen-bond acceptors (Lipinski definition) is 2. The van der Waals surface area contributed by atoms with Crippen LogP contribution in [-0.2, 0) is 0 Å². The monoisotopic (exact) mass is 1570 g/mol. The maximum atomic E-state index is 7.44. The van der Waals surface area contributed by atoms with Crippen molar-refractivity contribution in [3.05, 3.63) is 164 Å². The minimum Gasteiger partial charge on any atom is -0.491 e. The van der Waals surface area contributed by atoms with Crippen LogP contribution in [0.3, 0.4) is 0 Å². The van der Waals surface area contributed by atoms with Gasteiger partial charge in [-0.15, -0.1) is 22.2 Å². The molecule has 112 heavy (non-hydrogen) atoms. The molecule has 0 unspecified atom stereocenters. The molecule has 0 saturated carbocycles. The van der Waals surface area contributed by atoms with Crippen LogP contribution in [0.25, 0.3) is 0 Å². The van der Waals surface area contributed by atoms with Gasteiger partial charge in [0.15, 0.2) is 11.5 Å². The first-order valence-electron chi connectivity index (χ1n) is 44.5. The fourth-order valence-corrected chi connectivity index (χ4v) is 39.4. The third kappa shape index (κ3) is 27.1. The van der Waals surface area contributed by atoms with E-state index in [0.29, 0.717) is 113 Å². The van der Waals surface area contributed by atoms with Gasteiger partial charge in [0.2, 0.25) is 0 Å². The number of benzene rings is 5. The van der Waals surface area contributed by atoms with Gasteiger partial charge in [0.05, 0.1) is 35.5 Å². The van der Waals surface area contributed by atoms with Crippen LogP contribution in [0.5, 0.6) is 11.5 Å². The molecule has 0 saturated heterocycles. The van der Waals surface area contributed by atoms with Crippen LogP contribution in [0.1, 0.15) is 375 Å². The van der Waals surface area contributed by atoms with E-state index in [2.05, 4.69) is 370 Å². The molecule has 0 amide bonds. The highest BCUT2D eigenvalue weighted by molar-refractivity contribution is 6.92. The standard InChI is InChI=1S/C106H150O2Si4/c1-27-29-31-33-35-37-39-41-43-45-75-107-105-101(67-63-93-47-55-97(56-48-93)71-77-109(81(3)4,82(5)6)83(7)8)103(69-65-95-51-59-99(60-52-95)73-79-111(87(15)16,88(17)18)89(19)20)106(108-76-46-44-42-40-38-36-34-32-30-28-2)104(70-66-96-53-61-100(62-54-96)74-80-112(90(21)22,91(23)24)92(25)26)102(105)68-64-94-49-57-98(58-50-94)72-78-110(84(9)10,85(11)12)86(13)14/h47-62,81-92H,27-46,75-76H2,1-26H3. The summed E-state index contributed by atoms with van der Waals surface area (Å²) >= 11 is 0. The zero-order chi connectivity index (χ0) is 82.6. The molecule has 0 aliphatic rings. The summed E-state index contributed by atoms with van der Waals surface area (Å²) in [4.78, 5) is 0. The topological polar surface area (TPSA) is 18.5 Å². The molecule has 0 N–H and O–H groups in total. The average molecular weight is 1570 g/mol. The van der Waals surface area contributed by atoms with Crippen molar-refractivity contribution in [2.45, 2.75) is 375 Å². The Morgan fingerprint density at radius 3 is 0.491 bits per heavy atom. The molecule has 6 heteroatoms. The van der Waals surface area contributed by atoms with Gasteiger partial charge in [-0.2, -0.15) is 0 Å². The lowest BCUT2D eigenvalue weighted by Gasteiger charge is -2.38. The Kier molecular flexibility index (Phi) is 41.4. The Morgan fingerprint density at radius 2 is 0.339 bits per heavy atom. The second kappa shape index (κ2) is 48.4. The highest BCUT2D eigenvalue weighted by Gasteiger charge is 2.45. The van der Waals surface area contributed by atoms with Crippen LogP contribution in [0.2, 0.25) is 66.5 Å². The van der Waals surface area contributed by atoms with E-state index in [1.165, 1.54) is 89.9 Å². The maximum absolute atomic E-state index is 7.44. The van der Waals surface area contributed by atoms with E-state index in [4.69, 9.17) is 9.47 Å². The zero-order valence-electron chi connectivity index (χ0n) is 75.5. The molecule has 0 fully saturated rings. The minimum absolute atomic E-state index is 0.467. The molecular formula is C106H150O2Si4. The van der Waals surface area contributed by atoms with Gasteiger partial charge in [0, 0.05) is 44.5 Å². The third-order valence-corrected chi connectivity index (χ3v) is 50.1. The predicted octanol–water partition coefficient (Wildman–Crippen LogP) is 30.2. The van der Waals surface area contributed by atoms with Crippen molar-refractivity contribution in [2.24, 2.45) is 0 Å². The van der Waals surface area contributed by atoms with Crippen molar-refractivity contribution in [3.63, 3.8) is 0 Å². The summed E-state index contributed by atoms with van der Waals surface area (Å²) in [6.07, 6.45) is 24.2. The second-order valence-corrected chi connectivity index (χ2v) is 58.4. The van der Waals surface area contributed by atoms with Crippen molar-refractivity contribution >= 4 is 32.3 Å². The molecule has 0 heterocycles. The SMILES string of the molecule is CCCCCCCCCCCCOc1c(C#Cc2ccc(C#C[Si](C(C)C)(C(C)C)C(C)C)cc2)c(C#Cc2ccc(C#C[Si](C(C)C)(C(C)C)C(C)C)cc2)c(OCCCCCCCCCCCC)c(C#Cc2ccc(C#C[Si](C(C)C)(C(C)C)C(C)C)cc2)c1C#Cc1ccc(C#C[Si](C(C)C)(C(C)C)C(C)C)cc1. The van der Waals surface area contributed by atoms with Crippen LogP contribution < -0.4 is 9.47 Å².